The van der Waals surface area contributed by atoms with E-state index in [0.717, 1.165) is 23.3 Å². The summed E-state index contributed by atoms with van der Waals surface area (Å²) in [6.45, 7) is 6.62. The van der Waals surface area contributed by atoms with Crippen LogP contribution in [0.4, 0.5) is 10.1 Å². The van der Waals surface area contributed by atoms with Crippen molar-refractivity contribution >= 4 is 22.6 Å². The molecule has 1 saturated carbocycles. The molecule has 1 aromatic heterocycles. The molecular weight excluding hydrogens is 397 g/mol. The van der Waals surface area contributed by atoms with E-state index < -0.39 is 10.8 Å². The second-order valence-corrected chi connectivity index (χ2v) is 9.44. The zero-order valence-corrected chi connectivity index (χ0v) is 17.6. The molecule has 2 atom stereocenters. The third kappa shape index (κ3) is 2.13. The van der Waals surface area contributed by atoms with Crippen LogP contribution >= 0.6 is 0 Å². The Balaban J connectivity index is 1.53. The van der Waals surface area contributed by atoms with E-state index in [4.69, 9.17) is 19.4 Å². The molecular formula is C24H22FN3O3. The average molecular weight is 419 g/mol. The van der Waals surface area contributed by atoms with Crippen LogP contribution in [0.25, 0.3) is 11.0 Å². The van der Waals surface area contributed by atoms with E-state index in [1.54, 1.807) is 12.1 Å². The van der Waals surface area contributed by atoms with Crippen LogP contribution in [-0.2, 0) is 15.6 Å². The molecule has 7 heteroatoms. The minimum absolute atomic E-state index is 0.124. The fourth-order valence-electron chi connectivity index (χ4n) is 5.77. The Labute approximate surface area is 178 Å². The minimum atomic E-state index is -0.830. The Morgan fingerprint density at radius 3 is 2.23 bits per heavy atom. The number of rotatable bonds is 2. The van der Waals surface area contributed by atoms with Gasteiger partial charge >= 0.3 is 0 Å². The molecule has 2 unspecified atom stereocenters. The molecule has 1 amide bonds. The van der Waals surface area contributed by atoms with Crippen LogP contribution in [0, 0.1) is 11.2 Å². The molecule has 0 radical (unpaired) electrons. The Morgan fingerprint density at radius 2 is 1.58 bits per heavy atom. The van der Waals surface area contributed by atoms with Gasteiger partial charge in [0.05, 0.1) is 27.8 Å². The van der Waals surface area contributed by atoms with Gasteiger partial charge in [0.1, 0.15) is 5.82 Å². The van der Waals surface area contributed by atoms with Gasteiger partial charge in [-0.15, -0.1) is 0 Å². The maximum atomic E-state index is 13.8. The molecule has 2 bridgehead atoms. The summed E-state index contributed by atoms with van der Waals surface area (Å²) in [5.41, 5.74) is 2.07. The lowest BCUT2D eigenvalue weighted by atomic mass is 9.63. The van der Waals surface area contributed by atoms with Crippen molar-refractivity contribution in [1.29, 1.82) is 0 Å². The van der Waals surface area contributed by atoms with Gasteiger partial charge in [-0.2, -0.15) is 0 Å². The number of fused-ring (bicyclic) bond motifs is 7. The molecule has 0 saturated heterocycles. The summed E-state index contributed by atoms with van der Waals surface area (Å²) in [5.74, 6) is 0.839. The first-order chi connectivity index (χ1) is 14.8. The van der Waals surface area contributed by atoms with Crippen LogP contribution in [0.3, 0.4) is 0 Å². The van der Waals surface area contributed by atoms with Gasteiger partial charge in [0.15, 0.2) is 11.5 Å². The van der Waals surface area contributed by atoms with Crippen LogP contribution < -0.4 is 14.8 Å². The lowest BCUT2D eigenvalue weighted by molar-refractivity contribution is -0.125. The molecule has 31 heavy (non-hydrogen) atoms. The van der Waals surface area contributed by atoms with E-state index in [1.165, 1.54) is 12.1 Å². The molecule has 158 valence electrons. The first-order valence-electron chi connectivity index (χ1n) is 10.5. The maximum absolute atomic E-state index is 13.8. The third-order valence-corrected chi connectivity index (χ3v) is 8.02. The molecule has 1 N–H and O–H groups in total. The zero-order valence-electron chi connectivity index (χ0n) is 17.6. The Kier molecular flexibility index (Phi) is 3.42. The SMILES string of the molecule is CC12CCC(C(=O)Nc3ccc(F)cc3)(c3nc4cc5c(cc4nc31)OCO5)C2(C)C. The number of halogens is 1. The van der Waals surface area contributed by atoms with Crippen LogP contribution in [0.5, 0.6) is 11.5 Å². The summed E-state index contributed by atoms with van der Waals surface area (Å²) in [4.78, 5) is 23.8. The highest BCUT2D eigenvalue weighted by atomic mass is 19.1. The Morgan fingerprint density at radius 1 is 0.968 bits per heavy atom. The van der Waals surface area contributed by atoms with Gasteiger partial charge in [0.2, 0.25) is 12.7 Å². The van der Waals surface area contributed by atoms with E-state index in [9.17, 15) is 9.18 Å². The van der Waals surface area contributed by atoms with Gasteiger partial charge in [0, 0.05) is 23.2 Å². The lowest BCUT2D eigenvalue weighted by Gasteiger charge is -2.39. The molecule has 2 aliphatic carbocycles. The fourth-order valence-corrected chi connectivity index (χ4v) is 5.77. The first kappa shape index (κ1) is 18.5. The number of nitrogens with zero attached hydrogens (tertiary/aromatic N) is 2. The number of hydrogen-bond donors (Lipinski definition) is 1. The second kappa shape index (κ2) is 5.72. The molecule has 3 aromatic rings. The highest BCUT2D eigenvalue weighted by molar-refractivity contribution is 6.02. The van der Waals surface area contributed by atoms with Crippen molar-refractivity contribution in [2.24, 2.45) is 5.41 Å². The van der Waals surface area contributed by atoms with Crippen LogP contribution in [0.1, 0.15) is 45.0 Å². The molecule has 6 rings (SSSR count). The Hall–Kier alpha value is -3.22. The number of nitrogens with one attached hydrogen (secondary N) is 1. The number of amides is 1. The van der Waals surface area contributed by atoms with Crippen molar-refractivity contribution in [2.75, 3.05) is 12.1 Å². The topological polar surface area (TPSA) is 73.3 Å². The maximum Gasteiger partial charge on any atom is 0.237 e. The first-order valence-corrected chi connectivity index (χ1v) is 10.5. The van der Waals surface area contributed by atoms with Gasteiger partial charge in [-0.3, -0.25) is 4.79 Å². The van der Waals surface area contributed by atoms with Crippen molar-refractivity contribution in [3.05, 3.63) is 53.6 Å². The molecule has 3 aliphatic rings. The van der Waals surface area contributed by atoms with Crippen LogP contribution in [-0.4, -0.2) is 22.7 Å². The highest BCUT2D eigenvalue weighted by Crippen LogP contribution is 2.70. The lowest BCUT2D eigenvalue weighted by Crippen LogP contribution is -2.48. The Bertz CT molecular complexity index is 1270. The molecule has 6 nitrogen and oxygen atoms in total. The van der Waals surface area contributed by atoms with Crippen molar-refractivity contribution in [1.82, 2.24) is 9.97 Å². The van der Waals surface area contributed by atoms with E-state index in [0.29, 0.717) is 29.1 Å². The second-order valence-electron chi connectivity index (χ2n) is 9.44. The third-order valence-electron chi connectivity index (χ3n) is 8.02. The van der Waals surface area contributed by atoms with Gasteiger partial charge in [-0.1, -0.05) is 20.8 Å². The highest BCUT2D eigenvalue weighted by Gasteiger charge is 2.73. The van der Waals surface area contributed by atoms with Crippen molar-refractivity contribution < 1.29 is 18.7 Å². The number of ether oxygens (including phenoxy) is 2. The predicted molar refractivity (Wildman–Crippen MR) is 113 cm³/mol. The van der Waals surface area contributed by atoms with Crippen LogP contribution in [0.15, 0.2) is 36.4 Å². The summed E-state index contributed by atoms with van der Waals surface area (Å²) < 4.78 is 24.4. The molecule has 1 aliphatic heterocycles. The number of carbonyl (C=O) groups is 1. The summed E-state index contributed by atoms with van der Waals surface area (Å²) in [7, 11) is 0. The molecule has 2 heterocycles. The molecule has 1 fully saturated rings. The summed E-state index contributed by atoms with van der Waals surface area (Å²) >= 11 is 0. The van der Waals surface area contributed by atoms with Crippen molar-refractivity contribution in [3.63, 3.8) is 0 Å². The van der Waals surface area contributed by atoms with E-state index in [2.05, 4.69) is 26.1 Å². The van der Waals surface area contributed by atoms with Gasteiger partial charge in [0.25, 0.3) is 0 Å². The van der Waals surface area contributed by atoms with Crippen LogP contribution in [0.2, 0.25) is 0 Å². The number of carbonyl (C=O) groups excluding carboxylic acids is 1. The standard InChI is InChI=1S/C24H22FN3O3/c1-22(2)23(3)8-9-24(22,21(29)26-14-6-4-13(25)5-7-14)20-19(23)27-15-10-17-18(31-12-30-17)11-16(15)28-20/h4-7,10-11H,8-9,12H2,1-3H3,(H,26,29). The average Bonchev–Trinajstić information content (AvgIpc) is 3.31. The van der Waals surface area contributed by atoms with Gasteiger partial charge < -0.3 is 14.8 Å². The predicted octanol–water partition coefficient (Wildman–Crippen LogP) is 4.47. The van der Waals surface area contributed by atoms with E-state index in [1.807, 2.05) is 12.1 Å². The van der Waals surface area contributed by atoms with Crippen molar-refractivity contribution in [2.45, 2.75) is 44.4 Å². The van der Waals surface area contributed by atoms with E-state index in [-0.39, 0.29) is 23.9 Å². The summed E-state index contributed by atoms with van der Waals surface area (Å²) in [6, 6.07) is 9.53. The number of anilines is 1. The van der Waals surface area contributed by atoms with Crippen molar-refractivity contribution in [3.8, 4) is 11.5 Å². The normalized spacial score (nSPS) is 26.8. The van der Waals surface area contributed by atoms with E-state index >= 15 is 0 Å². The largest absolute Gasteiger partial charge is 0.454 e. The zero-order chi connectivity index (χ0) is 21.6. The summed E-state index contributed by atoms with van der Waals surface area (Å²) in [6.07, 6.45) is 1.52. The quantitative estimate of drug-likeness (QED) is 0.664. The van der Waals surface area contributed by atoms with Gasteiger partial charge in [-0.25, -0.2) is 14.4 Å². The fraction of sp³-hybridized carbons (Fsp3) is 0.375. The number of aromatic nitrogens is 2. The number of hydrogen-bond acceptors (Lipinski definition) is 5. The monoisotopic (exact) mass is 419 g/mol. The van der Waals surface area contributed by atoms with Gasteiger partial charge in [-0.05, 0) is 42.5 Å². The molecule has 0 spiro atoms. The smallest absolute Gasteiger partial charge is 0.237 e. The molecule has 2 aromatic carbocycles. The number of benzene rings is 2. The summed E-state index contributed by atoms with van der Waals surface area (Å²) in [5, 5.41) is 3.01. The minimum Gasteiger partial charge on any atom is -0.454 e.